The molecular formula is C20H20O4. The molecule has 2 aromatic carbocycles. The monoisotopic (exact) mass is 324 g/mol. The highest BCUT2D eigenvalue weighted by atomic mass is 16.5. The molecule has 0 aliphatic carbocycles. The molecule has 4 heteroatoms. The van der Waals surface area contributed by atoms with E-state index in [0.717, 1.165) is 34.4 Å². The highest BCUT2D eigenvalue weighted by Gasteiger charge is 2.03. The third kappa shape index (κ3) is 6.08. The summed E-state index contributed by atoms with van der Waals surface area (Å²) < 4.78 is 10.1. The second kappa shape index (κ2) is 8.67. The van der Waals surface area contributed by atoms with Crippen molar-refractivity contribution in [3.05, 3.63) is 82.9 Å². The molecule has 0 unspecified atom stereocenters. The Bertz CT molecular complexity index is 649. The molecule has 0 radical (unpaired) electrons. The van der Waals surface area contributed by atoms with Crippen LogP contribution in [0.2, 0.25) is 0 Å². The van der Waals surface area contributed by atoms with E-state index in [1.807, 2.05) is 62.4 Å². The Labute approximate surface area is 141 Å². The third-order valence-corrected chi connectivity index (χ3v) is 3.36. The molecule has 124 valence electrons. The molecule has 4 nitrogen and oxygen atoms in total. The number of carbonyl (C=O) groups is 2. The fourth-order valence-electron chi connectivity index (χ4n) is 1.91. The van der Waals surface area contributed by atoms with Crippen LogP contribution in [-0.4, -0.2) is 11.9 Å². The molecule has 0 bridgehead atoms. The number of carbonyl (C=O) groups excluding carboxylic acids is 2. The first-order valence-electron chi connectivity index (χ1n) is 7.65. The fourth-order valence-corrected chi connectivity index (χ4v) is 1.91. The average molecular weight is 324 g/mol. The van der Waals surface area contributed by atoms with E-state index in [4.69, 9.17) is 9.47 Å². The number of hydrogen-bond acceptors (Lipinski definition) is 4. The van der Waals surface area contributed by atoms with Gasteiger partial charge < -0.3 is 9.47 Å². The van der Waals surface area contributed by atoms with Crippen LogP contribution < -0.4 is 0 Å². The number of ether oxygens (including phenoxy) is 2. The Morgan fingerprint density at radius 1 is 0.708 bits per heavy atom. The highest BCUT2D eigenvalue weighted by molar-refractivity contribution is 5.91. The zero-order chi connectivity index (χ0) is 17.4. The van der Waals surface area contributed by atoms with Gasteiger partial charge >= 0.3 is 11.9 Å². The minimum atomic E-state index is -0.581. The van der Waals surface area contributed by atoms with Crippen molar-refractivity contribution < 1.29 is 19.1 Å². The van der Waals surface area contributed by atoms with E-state index in [-0.39, 0.29) is 13.2 Å². The quantitative estimate of drug-likeness (QED) is 0.601. The molecule has 0 aliphatic rings. The molecule has 24 heavy (non-hydrogen) atoms. The number of rotatable bonds is 6. The molecule has 0 atom stereocenters. The molecule has 0 saturated heterocycles. The lowest BCUT2D eigenvalue weighted by Crippen LogP contribution is -2.04. The molecule has 0 aromatic heterocycles. The maximum Gasteiger partial charge on any atom is 0.331 e. The first kappa shape index (κ1) is 17.5. The Kier molecular flexibility index (Phi) is 6.32. The molecule has 2 aromatic rings. The van der Waals surface area contributed by atoms with Gasteiger partial charge in [0.25, 0.3) is 0 Å². The molecule has 0 N–H and O–H groups in total. The van der Waals surface area contributed by atoms with Gasteiger partial charge in [-0.25, -0.2) is 9.59 Å². The second-order valence-electron chi connectivity index (χ2n) is 5.52. The molecule has 0 saturated carbocycles. The number of benzene rings is 2. The molecule has 0 aliphatic heterocycles. The number of hydrogen-bond donors (Lipinski definition) is 0. The van der Waals surface area contributed by atoms with Crippen LogP contribution in [0.4, 0.5) is 0 Å². The summed E-state index contributed by atoms with van der Waals surface area (Å²) in [6.45, 7) is 4.31. The molecular weight excluding hydrogens is 304 g/mol. The Hall–Kier alpha value is -2.88. The summed E-state index contributed by atoms with van der Waals surface area (Å²) in [6, 6.07) is 15.3. The van der Waals surface area contributed by atoms with Crippen molar-refractivity contribution in [2.24, 2.45) is 0 Å². The Balaban J connectivity index is 1.73. The summed E-state index contributed by atoms with van der Waals surface area (Å²) in [5.41, 5.74) is 4.07. The van der Waals surface area contributed by atoms with E-state index >= 15 is 0 Å². The lowest BCUT2D eigenvalue weighted by molar-refractivity contribution is -0.141. The summed E-state index contributed by atoms with van der Waals surface area (Å²) >= 11 is 0. The van der Waals surface area contributed by atoms with E-state index in [1.54, 1.807) is 0 Å². The van der Waals surface area contributed by atoms with Crippen LogP contribution in [0.15, 0.2) is 60.7 Å². The van der Waals surface area contributed by atoms with Crippen LogP contribution in [0, 0.1) is 13.8 Å². The van der Waals surface area contributed by atoms with Gasteiger partial charge in [0, 0.05) is 12.2 Å². The molecule has 0 heterocycles. The lowest BCUT2D eigenvalue weighted by atomic mass is 10.2. The van der Waals surface area contributed by atoms with Crippen molar-refractivity contribution in [1.29, 1.82) is 0 Å². The van der Waals surface area contributed by atoms with Gasteiger partial charge in [-0.15, -0.1) is 0 Å². The predicted molar refractivity (Wildman–Crippen MR) is 91.1 cm³/mol. The largest absolute Gasteiger partial charge is 0.458 e. The smallest absolute Gasteiger partial charge is 0.331 e. The van der Waals surface area contributed by atoms with E-state index in [2.05, 4.69) is 0 Å². The van der Waals surface area contributed by atoms with Crippen molar-refractivity contribution in [3.8, 4) is 0 Å². The third-order valence-electron chi connectivity index (χ3n) is 3.36. The standard InChI is InChI=1S/C20H20O4/c1-15-3-7-17(8-4-15)13-23-19(21)11-12-20(22)24-14-18-9-5-16(2)6-10-18/h3-12H,13-14H2,1-2H3/b12-11+. The van der Waals surface area contributed by atoms with E-state index in [9.17, 15) is 9.59 Å². The van der Waals surface area contributed by atoms with Crippen LogP contribution in [0.5, 0.6) is 0 Å². The minimum absolute atomic E-state index is 0.169. The van der Waals surface area contributed by atoms with E-state index < -0.39 is 11.9 Å². The van der Waals surface area contributed by atoms with Crippen molar-refractivity contribution in [2.45, 2.75) is 27.1 Å². The maximum atomic E-state index is 11.6. The predicted octanol–water partition coefficient (Wildman–Crippen LogP) is 3.65. The van der Waals surface area contributed by atoms with Gasteiger partial charge in [-0.2, -0.15) is 0 Å². The van der Waals surface area contributed by atoms with Crippen molar-refractivity contribution in [2.75, 3.05) is 0 Å². The van der Waals surface area contributed by atoms with Crippen LogP contribution >= 0.6 is 0 Å². The van der Waals surface area contributed by atoms with Crippen molar-refractivity contribution in [1.82, 2.24) is 0 Å². The average Bonchev–Trinajstić information content (AvgIpc) is 2.59. The fraction of sp³-hybridized carbons (Fsp3) is 0.200. The Morgan fingerprint density at radius 3 is 1.38 bits per heavy atom. The summed E-state index contributed by atoms with van der Waals surface area (Å²) in [7, 11) is 0. The number of aryl methyl sites for hydroxylation is 2. The molecule has 2 rings (SSSR count). The normalized spacial score (nSPS) is 10.6. The first-order chi connectivity index (χ1) is 11.5. The van der Waals surface area contributed by atoms with Crippen LogP contribution in [0.3, 0.4) is 0 Å². The van der Waals surface area contributed by atoms with Crippen LogP contribution in [0.1, 0.15) is 22.3 Å². The van der Waals surface area contributed by atoms with Gasteiger partial charge in [0.15, 0.2) is 0 Å². The minimum Gasteiger partial charge on any atom is -0.458 e. The number of esters is 2. The van der Waals surface area contributed by atoms with Crippen LogP contribution in [-0.2, 0) is 32.3 Å². The zero-order valence-electron chi connectivity index (χ0n) is 13.8. The summed E-state index contributed by atoms with van der Waals surface area (Å²) in [5.74, 6) is -1.16. The first-order valence-corrected chi connectivity index (χ1v) is 7.65. The summed E-state index contributed by atoms with van der Waals surface area (Å²) in [6.07, 6.45) is 2.15. The van der Waals surface area contributed by atoms with Gasteiger partial charge in [0.2, 0.25) is 0 Å². The lowest BCUT2D eigenvalue weighted by Gasteiger charge is -2.03. The summed E-state index contributed by atoms with van der Waals surface area (Å²) in [4.78, 5) is 23.2. The van der Waals surface area contributed by atoms with Gasteiger partial charge in [0.05, 0.1) is 0 Å². The topological polar surface area (TPSA) is 52.6 Å². The van der Waals surface area contributed by atoms with Crippen molar-refractivity contribution >= 4 is 11.9 Å². The van der Waals surface area contributed by atoms with Crippen molar-refractivity contribution in [3.63, 3.8) is 0 Å². The van der Waals surface area contributed by atoms with Gasteiger partial charge in [-0.1, -0.05) is 59.7 Å². The molecule has 0 amide bonds. The Morgan fingerprint density at radius 2 is 1.04 bits per heavy atom. The molecule has 0 fully saturated rings. The van der Waals surface area contributed by atoms with Gasteiger partial charge in [-0.3, -0.25) is 0 Å². The van der Waals surface area contributed by atoms with E-state index in [0.29, 0.717) is 0 Å². The van der Waals surface area contributed by atoms with Gasteiger partial charge in [-0.05, 0) is 25.0 Å². The summed E-state index contributed by atoms with van der Waals surface area (Å²) in [5, 5.41) is 0. The second-order valence-corrected chi connectivity index (χ2v) is 5.52. The maximum absolute atomic E-state index is 11.6. The SMILES string of the molecule is Cc1ccc(COC(=O)/C=C/C(=O)OCc2ccc(C)cc2)cc1. The highest BCUT2D eigenvalue weighted by Crippen LogP contribution is 2.06. The van der Waals surface area contributed by atoms with Gasteiger partial charge in [0.1, 0.15) is 13.2 Å². The molecule has 0 spiro atoms. The van der Waals surface area contributed by atoms with E-state index in [1.165, 1.54) is 0 Å². The zero-order valence-corrected chi connectivity index (χ0v) is 13.8. The van der Waals surface area contributed by atoms with Crippen LogP contribution in [0.25, 0.3) is 0 Å².